The van der Waals surface area contributed by atoms with Crippen LogP contribution in [-0.4, -0.2) is 28.6 Å². The number of carbonyl (C=O) groups excluding carboxylic acids is 1. The van der Waals surface area contributed by atoms with Crippen LogP contribution in [0.15, 0.2) is 29.8 Å². The van der Waals surface area contributed by atoms with Gasteiger partial charge in [-0.1, -0.05) is 11.6 Å². The zero-order valence-electron chi connectivity index (χ0n) is 10.00. The molecule has 8 heteroatoms. The van der Waals surface area contributed by atoms with E-state index < -0.39 is 5.97 Å². The first kappa shape index (κ1) is 14.3. The topological polar surface area (TPSA) is 88.5 Å². The van der Waals surface area contributed by atoms with Gasteiger partial charge in [-0.2, -0.15) is 0 Å². The molecule has 0 aliphatic rings. The van der Waals surface area contributed by atoms with Crippen molar-refractivity contribution in [3.8, 4) is 5.75 Å². The molecule has 0 fully saturated rings. The van der Waals surface area contributed by atoms with Gasteiger partial charge in [-0.15, -0.1) is 11.3 Å². The SMILES string of the molecule is O=C(COc1ccc(Cl)c(C(=O)O)c1)Nc1nccs1. The van der Waals surface area contributed by atoms with Gasteiger partial charge in [0, 0.05) is 11.6 Å². The van der Waals surface area contributed by atoms with Crippen LogP contribution in [0, 0.1) is 0 Å². The molecule has 20 heavy (non-hydrogen) atoms. The van der Waals surface area contributed by atoms with Crippen LogP contribution in [0.4, 0.5) is 5.13 Å². The molecule has 1 aromatic heterocycles. The van der Waals surface area contributed by atoms with Gasteiger partial charge in [-0.05, 0) is 18.2 Å². The van der Waals surface area contributed by atoms with Gasteiger partial charge in [-0.3, -0.25) is 10.1 Å². The van der Waals surface area contributed by atoms with E-state index in [9.17, 15) is 9.59 Å². The van der Waals surface area contributed by atoms with Crippen LogP contribution in [0.1, 0.15) is 10.4 Å². The van der Waals surface area contributed by atoms with Gasteiger partial charge < -0.3 is 9.84 Å². The van der Waals surface area contributed by atoms with Gasteiger partial charge in [0.2, 0.25) is 0 Å². The van der Waals surface area contributed by atoms with Gasteiger partial charge in [0.1, 0.15) is 5.75 Å². The Kier molecular flexibility index (Phi) is 4.54. The molecule has 2 aromatic rings. The predicted octanol–water partition coefficient (Wildman–Crippen LogP) is 2.51. The zero-order chi connectivity index (χ0) is 14.5. The number of nitrogens with zero attached hydrogens (tertiary/aromatic N) is 1. The van der Waals surface area contributed by atoms with Crippen molar-refractivity contribution in [1.82, 2.24) is 4.98 Å². The Morgan fingerprint density at radius 2 is 2.25 bits per heavy atom. The van der Waals surface area contributed by atoms with Crippen LogP contribution in [0.2, 0.25) is 5.02 Å². The maximum Gasteiger partial charge on any atom is 0.337 e. The molecule has 104 valence electrons. The van der Waals surface area contributed by atoms with Crippen LogP contribution >= 0.6 is 22.9 Å². The van der Waals surface area contributed by atoms with Gasteiger partial charge in [0.05, 0.1) is 10.6 Å². The van der Waals surface area contributed by atoms with E-state index in [1.165, 1.54) is 29.5 Å². The number of nitrogens with one attached hydrogen (secondary N) is 1. The Morgan fingerprint density at radius 1 is 1.45 bits per heavy atom. The van der Waals surface area contributed by atoms with E-state index in [1.54, 1.807) is 11.6 Å². The van der Waals surface area contributed by atoms with Crippen molar-refractivity contribution in [2.45, 2.75) is 0 Å². The van der Waals surface area contributed by atoms with Crippen molar-refractivity contribution in [3.63, 3.8) is 0 Å². The molecular weight excluding hydrogens is 304 g/mol. The van der Waals surface area contributed by atoms with Crippen LogP contribution in [0.5, 0.6) is 5.75 Å². The molecule has 6 nitrogen and oxygen atoms in total. The van der Waals surface area contributed by atoms with E-state index in [0.29, 0.717) is 5.13 Å². The number of benzene rings is 1. The molecule has 2 rings (SSSR count). The van der Waals surface area contributed by atoms with Crippen LogP contribution in [0.25, 0.3) is 0 Å². The Labute approximate surface area is 123 Å². The molecule has 0 saturated carbocycles. The summed E-state index contributed by atoms with van der Waals surface area (Å²) >= 11 is 7.01. The number of aromatic nitrogens is 1. The molecule has 1 heterocycles. The first-order chi connectivity index (χ1) is 9.56. The Morgan fingerprint density at radius 3 is 2.90 bits per heavy atom. The number of thiazole rings is 1. The quantitative estimate of drug-likeness (QED) is 0.885. The third kappa shape index (κ3) is 3.69. The molecule has 0 spiro atoms. The monoisotopic (exact) mass is 312 g/mol. The molecule has 0 aliphatic heterocycles. The molecule has 0 unspecified atom stereocenters. The van der Waals surface area contributed by atoms with Gasteiger partial charge in [0.25, 0.3) is 5.91 Å². The highest BCUT2D eigenvalue weighted by Crippen LogP contribution is 2.22. The van der Waals surface area contributed by atoms with E-state index in [2.05, 4.69) is 10.3 Å². The van der Waals surface area contributed by atoms with Crippen molar-refractivity contribution >= 4 is 39.9 Å². The number of amides is 1. The summed E-state index contributed by atoms with van der Waals surface area (Å²) in [5.41, 5.74) is -0.0792. The third-order valence-corrected chi connectivity index (χ3v) is 3.23. The number of hydrogen-bond donors (Lipinski definition) is 2. The lowest BCUT2D eigenvalue weighted by Crippen LogP contribution is -2.20. The average molecular weight is 313 g/mol. The number of ether oxygens (including phenoxy) is 1. The smallest absolute Gasteiger partial charge is 0.337 e. The zero-order valence-corrected chi connectivity index (χ0v) is 11.6. The highest BCUT2D eigenvalue weighted by Gasteiger charge is 2.11. The van der Waals surface area contributed by atoms with Gasteiger partial charge in [-0.25, -0.2) is 9.78 Å². The summed E-state index contributed by atoms with van der Waals surface area (Å²) in [5.74, 6) is -1.29. The number of carboxylic acid groups (broad SMARTS) is 1. The Bertz CT molecular complexity index is 630. The third-order valence-electron chi connectivity index (χ3n) is 2.22. The van der Waals surface area contributed by atoms with E-state index >= 15 is 0 Å². The van der Waals surface area contributed by atoms with Crippen molar-refractivity contribution < 1.29 is 19.4 Å². The van der Waals surface area contributed by atoms with E-state index in [0.717, 1.165) is 0 Å². The maximum atomic E-state index is 11.6. The number of aromatic carboxylic acids is 1. The Hall–Kier alpha value is -2.12. The fourth-order valence-electron chi connectivity index (χ4n) is 1.35. The van der Waals surface area contributed by atoms with Crippen LogP contribution in [-0.2, 0) is 4.79 Å². The first-order valence-corrected chi connectivity index (χ1v) is 6.67. The second kappa shape index (κ2) is 6.36. The lowest BCUT2D eigenvalue weighted by atomic mass is 10.2. The standard InChI is InChI=1S/C12H9ClN2O4S/c13-9-2-1-7(5-8(9)11(17)18)19-6-10(16)15-12-14-3-4-20-12/h1-5H,6H2,(H,17,18)(H,14,15,16). The molecule has 0 atom stereocenters. The highest BCUT2D eigenvalue weighted by atomic mass is 35.5. The summed E-state index contributed by atoms with van der Waals surface area (Å²) in [6, 6.07) is 4.16. The summed E-state index contributed by atoms with van der Waals surface area (Å²) in [6.07, 6.45) is 1.57. The summed E-state index contributed by atoms with van der Waals surface area (Å²) in [5, 5.41) is 13.8. The minimum absolute atomic E-state index is 0.0792. The van der Waals surface area contributed by atoms with Crippen molar-refractivity contribution in [2.75, 3.05) is 11.9 Å². The number of hydrogen-bond acceptors (Lipinski definition) is 5. The van der Waals surface area contributed by atoms with E-state index in [4.69, 9.17) is 21.4 Å². The number of halogens is 1. The molecule has 1 aromatic carbocycles. The molecule has 2 N–H and O–H groups in total. The Balaban J connectivity index is 1.95. The molecule has 1 amide bonds. The second-order valence-electron chi connectivity index (χ2n) is 3.62. The van der Waals surface area contributed by atoms with Crippen molar-refractivity contribution in [1.29, 1.82) is 0 Å². The molecule has 0 aliphatic carbocycles. The molecule has 0 saturated heterocycles. The van der Waals surface area contributed by atoms with E-state index in [1.807, 2.05) is 0 Å². The largest absolute Gasteiger partial charge is 0.484 e. The predicted molar refractivity (Wildman–Crippen MR) is 74.7 cm³/mol. The summed E-state index contributed by atoms with van der Waals surface area (Å²) < 4.78 is 5.21. The molecule has 0 radical (unpaired) electrons. The average Bonchev–Trinajstić information content (AvgIpc) is 2.90. The van der Waals surface area contributed by atoms with Gasteiger partial charge in [0.15, 0.2) is 11.7 Å². The number of carboxylic acids is 1. The summed E-state index contributed by atoms with van der Waals surface area (Å²) in [7, 11) is 0. The van der Waals surface area contributed by atoms with E-state index in [-0.39, 0.29) is 28.8 Å². The lowest BCUT2D eigenvalue weighted by Gasteiger charge is -2.07. The highest BCUT2D eigenvalue weighted by molar-refractivity contribution is 7.13. The van der Waals surface area contributed by atoms with Crippen molar-refractivity contribution in [2.24, 2.45) is 0 Å². The summed E-state index contributed by atoms with van der Waals surface area (Å²) in [6.45, 7) is -0.250. The normalized spacial score (nSPS) is 10.1. The fourth-order valence-corrected chi connectivity index (χ4v) is 2.09. The minimum atomic E-state index is -1.16. The number of rotatable bonds is 5. The fraction of sp³-hybridized carbons (Fsp3) is 0.0833. The van der Waals surface area contributed by atoms with Crippen LogP contribution in [0.3, 0.4) is 0 Å². The summed E-state index contributed by atoms with van der Waals surface area (Å²) in [4.78, 5) is 26.4. The maximum absolute atomic E-state index is 11.6. The number of carbonyl (C=O) groups is 2. The molecule has 0 bridgehead atoms. The van der Waals surface area contributed by atoms with Crippen molar-refractivity contribution in [3.05, 3.63) is 40.4 Å². The van der Waals surface area contributed by atoms with Gasteiger partial charge >= 0.3 is 5.97 Å². The second-order valence-corrected chi connectivity index (χ2v) is 4.92. The first-order valence-electron chi connectivity index (χ1n) is 5.41. The molecular formula is C12H9ClN2O4S. The lowest BCUT2D eigenvalue weighted by molar-refractivity contribution is -0.118. The van der Waals surface area contributed by atoms with Crippen LogP contribution < -0.4 is 10.1 Å². The minimum Gasteiger partial charge on any atom is -0.484 e. The number of anilines is 1.